The van der Waals surface area contributed by atoms with E-state index in [1.807, 2.05) is 30.5 Å². The Hall–Kier alpha value is -1.60. The SMILES string of the molecule is CCC=CC1CCC(CCc2ccc(-c3ccc(Cl)cc3)nc2)CC1. The maximum atomic E-state index is 5.95. The van der Waals surface area contributed by atoms with Crippen molar-refractivity contribution in [2.24, 2.45) is 11.8 Å². The van der Waals surface area contributed by atoms with E-state index in [4.69, 9.17) is 11.6 Å². The summed E-state index contributed by atoms with van der Waals surface area (Å²) in [5, 5.41) is 0.764. The molecule has 1 aliphatic rings. The Kier molecular flexibility index (Phi) is 6.69. The molecular formula is C23H28ClN. The zero-order valence-electron chi connectivity index (χ0n) is 15.1. The average Bonchev–Trinajstić information content (AvgIpc) is 2.67. The van der Waals surface area contributed by atoms with Gasteiger partial charge in [0.15, 0.2) is 0 Å². The monoisotopic (exact) mass is 353 g/mol. The minimum absolute atomic E-state index is 0.764. The predicted octanol–water partition coefficient (Wildman–Crippen LogP) is 7.11. The lowest BCUT2D eigenvalue weighted by Gasteiger charge is -2.26. The summed E-state index contributed by atoms with van der Waals surface area (Å²) in [5.41, 5.74) is 3.49. The highest BCUT2D eigenvalue weighted by atomic mass is 35.5. The van der Waals surface area contributed by atoms with Crippen LogP contribution in [0.5, 0.6) is 0 Å². The molecule has 1 saturated carbocycles. The fourth-order valence-electron chi connectivity index (χ4n) is 3.73. The van der Waals surface area contributed by atoms with Gasteiger partial charge in [0.05, 0.1) is 5.69 Å². The molecule has 1 aromatic carbocycles. The molecule has 0 unspecified atom stereocenters. The van der Waals surface area contributed by atoms with E-state index < -0.39 is 0 Å². The molecule has 0 N–H and O–H groups in total. The number of nitrogens with zero attached hydrogens (tertiary/aromatic N) is 1. The zero-order valence-corrected chi connectivity index (χ0v) is 15.9. The topological polar surface area (TPSA) is 12.9 Å². The largest absolute Gasteiger partial charge is 0.256 e. The summed E-state index contributed by atoms with van der Waals surface area (Å²) in [6.45, 7) is 2.22. The second-order valence-corrected chi connectivity index (χ2v) is 7.65. The normalized spacial score (nSPS) is 20.9. The lowest BCUT2D eigenvalue weighted by atomic mass is 9.79. The van der Waals surface area contributed by atoms with Crippen LogP contribution in [-0.4, -0.2) is 4.98 Å². The Morgan fingerprint density at radius 1 is 1.04 bits per heavy atom. The van der Waals surface area contributed by atoms with Gasteiger partial charge >= 0.3 is 0 Å². The average molecular weight is 354 g/mol. The number of allylic oxidation sites excluding steroid dienone is 2. The van der Waals surface area contributed by atoms with E-state index in [9.17, 15) is 0 Å². The second-order valence-electron chi connectivity index (χ2n) is 7.21. The van der Waals surface area contributed by atoms with E-state index in [1.54, 1.807) is 0 Å². The zero-order chi connectivity index (χ0) is 17.5. The molecule has 2 heteroatoms. The fourth-order valence-corrected chi connectivity index (χ4v) is 3.86. The van der Waals surface area contributed by atoms with Gasteiger partial charge in [-0.2, -0.15) is 0 Å². The Morgan fingerprint density at radius 3 is 2.44 bits per heavy atom. The lowest BCUT2D eigenvalue weighted by molar-refractivity contribution is 0.296. The van der Waals surface area contributed by atoms with Gasteiger partial charge in [0.2, 0.25) is 0 Å². The van der Waals surface area contributed by atoms with Crippen molar-refractivity contribution in [2.45, 2.75) is 51.9 Å². The number of pyridine rings is 1. The van der Waals surface area contributed by atoms with Gasteiger partial charge in [-0.1, -0.05) is 48.9 Å². The highest BCUT2D eigenvalue weighted by Crippen LogP contribution is 2.32. The van der Waals surface area contributed by atoms with Crippen molar-refractivity contribution in [2.75, 3.05) is 0 Å². The molecule has 2 aromatic rings. The molecule has 0 saturated heterocycles. The van der Waals surface area contributed by atoms with Gasteiger partial charge in [0.25, 0.3) is 0 Å². The number of benzene rings is 1. The van der Waals surface area contributed by atoms with Crippen LogP contribution in [-0.2, 0) is 6.42 Å². The first-order valence-electron chi connectivity index (χ1n) is 9.62. The van der Waals surface area contributed by atoms with Crippen LogP contribution in [0.4, 0.5) is 0 Å². The smallest absolute Gasteiger partial charge is 0.0702 e. The Bertz CT molecular complexity index is 664. The van der Waals surface area contributed by atoms with E-state index in [-0.39, 0.29) is 0 Å². The van der Waals surface area contributed by atoms with E-state index in [2.05, 4.69) is 36.2 Å². The van der Waals surface area contributed by atoms with Crippen LogP contribution in [0.2, 0.25) is 5.02 Å². The van der Waals surface area contributed by atoms with Crippen molar-refractivity contribution < 1.29 is 0 Å². The second kappa shape index (κ2) is 9.20. The van der Waals surface area contributed by atoms with Gasteiger partial charge in [-0.3, -0.25) is 4.98 Å². The van der Waals surface area contributed by atoms with E-state index >= 15 is 0 Å². The number of rotatable bonds is 6. The molecule has 1 fully saturated rings. The summed E-state index contributed by atoms with van der Waals surface area (Å²) in [7, 11) is 0. The number of hydrogen-bond donors (Lipinski definition) is 0. The summed E-state index contributed by atoms with van der Waals surface area (Å²) in [4.78, 5) is 4.64. The van der Waals surface area contributed by atoms with E-state index in [0.29, 0.717) is 0 Å². The molecule has 1 aliphatic carbocycles. The highest BCUT2D eigenvalue weighted by Gasteiger charge is 2.19. The van der Waals surface area contributed by atoms with Crippen molar-refractivity contribution in [1.82, 2.24) is 4.98 Å². The van der Waals surface area contributed by atoms with Crippen molar-refractivity contribution in [1.29, 1.82) is 0 Å². The molecule has 25 heavy (non-hydrogen) atoms. The molecule has 0 bridgehead atoms. The van der Waals surface area contributed by atoms with Crippen LogP contribution < -0.4 is 0 Å². The third-order valence-electron chi connectivity index (χ3n) is 5.34. The standard InChI is InChI=1S/C23H28ClN/c1-2-3-4-18-5-7-19(8-6-18)9-10-20-11-16-23(25-17-20)21-12-14-22(24)15-13-21/h3-4,11-19H,2,5-10H2,1H3. The summed E-state index contributed by atoms with van der Waals surface area (Å²) in [6.07, 6.45) is 15.9. The van der Waals surface area contributed by atoms with Gasteiger partial charge < -0.3 is 0 Å². The van der Waals surface area contributed by atoms with Crippen LogP contribution in [0, 0.1) is 11.8 Å². The third kappa shape index (κ3) is 5.44. The third-order valence-corrected chi connectivity index (χ3v) is 5.59. The summed E-state index contributed by atoms with van der Waals surface area (Å²) in [6, 6.07) is 12.2. The lowest BCUT2D eigenvalue weighted by Crippen LogP contribution is -2.13. The van der Waals surface area contributed by atoms with Crippen LogP contribution in [0.15, 0.2) is 54.7 Å². The van der Waals surface area contributed by atoms with Gasteiger partial charge in [0, 0.05) is 16.8 Å². The molecule has 1 nitrogen and oxygen atoms in total. The maximum absolute atomic E-state index is 5.95. The number of hydrogen-bond acceptors (Lipinski definition) is 1. The van der Waals surface area contributed by atoms with E-state index in [0.717, 1.165) is 34.5 Å². The van der Waals surface area contributed by atoms with Crippen molar-refractivity contribution in [3.8, 4) is 11.3 Å². The number of halogens is 1. The molecule has 0 amide bonds. The predicted molar refractivity (Wildman–Crippen MR) is 108 cm³/mol. The molecule has 0 atom stereocenters. The Balaban J connectivity index is 1.48. The minimum atomic E-state index is 0.764. The summed E-state index contributed by atoms with van der Waals surface area (Å²) < 4.78 is 0. The number of aryl methyl sites for hydroxylation is 1. The van der Waals surface area contributed by atoms with Crippen molar-refractivity contribution >= 4 is 11.6 Å². The quantitative estimate of drug-likeness (QED) is 0.504. The first-order valence-corrected chi connectivity index (χ1v) is 10.00. The number of aromatic nitrogens is 1. The molecule has 0 aliphatic heterocycles. The molecule has 132 valence electrons. The molecule has 3 rings (SSSR count). The fraction of sp³-hybridized carbons (Fsp3) is 0.435. The first-order chi connectivity index (χ1) is 12.2. The van der Waals surface area contributed by atoms with E-state index in [1.165, 1.54) is 44.1 Å². The summed E-state index contributed by atoms with van der Waals surface area (Å²) in [5.74, 6) is 1.72. The summed E-state index contributed by atoms with van der Waals surface area (Å²) >= 11 is 5.95. The van der Waals surface area contributed by atoms with Gasteiger partial charge in [-0.15, -0.1) is 0 Å². The van der Waals surface area contributed by atoms with Gasteiger partial charge in [-0.05, 0) is 80.5 Å². The van der Waals surface area contributed by atoms with Crippen molar-refractivity contribution in [3.63, 3.8) is 0 Å². The van der Waals surface area contributed by atoms with Crippen LogP contribution >= 0.6 is 11.6 Å². The Labute approximate surface area is 157 Å². The maximum Gasteiger partial charge on any atom is 0.0702 e. The molecule has 1 heterocycles. The van der Waals surface area contributed by atoms with Crippen LogP contribution in [0.3, 0.4) is 0 Å². The van der Waals surface area contributed by atoms with Crippen molar-refractivity contribution in [3.05, 3.63) is 65.3 Å². The molecule has 1 aromatic heterocycles. The highest BCUT2D eigenvalue weighted by molar-refractivity contribution is 6.30. The molecular weight excluding hydrogens is 326 g/mol. The van der Waals surface area contributed by atoms with Crippen LogP contribution in [0.1, 0.15) is 51.0 Å². The van der Waals surface area contributed by atoms with Crippen LogP contribution in [0.25, 0.3) is 11.3 Å². The minimum Gasteiger partial charge on any atom is -0.256 e. The first kappa shape index (κ1) is 18.2. The molecule has 0 spiro atoms. The Morgan fingerprint density at radius 2 is 1.80 bits per heavy atom. The van der Waals surface area contributed by atoms with Gasteiger partial charge in [-0.25, -0.2) is 0 Å². The van der Waals surface area contributed by atoms with Gasteiger partial charge in [0.1, 0.15) is 0 Å². The molecule has 0 radical (unpaired) electrons.